The van der Waals surface area contributed by atoms with E-state index in [2.05, 4.69) is 0 Å². The number of rotatable bonds is 14. The highest BCUT2D eigenvalue weighted by Crippen LogP contribution is 2.41. The predicted molar refractivity (Wildman–Crippen MR) is 129 cm³/mol. The number of unbranched alkanes of at least 4 members (excludes halogenated alkanes) is 6. The van der Waals surface area contributed by atoms with Gasteiger partial charge in [0.05, 0.1) is 20.3 Å². The third-order valence-corrected chi connectivity index (χ3v) is 5.56. The molecule has 0 radical (unpaired) electrons. The Bertz CT molecular complexity index is 791. The fraction of sp³-hybridized carbons (Fsp3) is 0.692. The van der Waals surface area contributed by atoms with Crippen molar-refractivity contribution in [2.24, 2.45) is 0 Å². The van der Waals surface area contributed by atoms with Gasteiger partial charge in [-0.05, 0) is 65.0 Å². The van der Waals surface area contributed by atoms with Crippen LogP contribution in [-0.4, -0.2) is 48.1 Å². The molecule has 0 aliphatic carbocycles. The van der Waals surface area contributed by atoms with Crippen LogP contribution in [0, 0.1) is 6.92 Å². The standard InChI is InChI=1S/C26H42O7/c1-17(27)15-13-11-9-8-10-12-14-16-19-18(2)20(24(28)29)22(31-6)23(32-7)21(19)25(30)33-26(3,4)5/h17,27H,8-16H2,1-7H3,(H,28,29). The van der Waals surface area contributed by atoms with E-state index >= 15 is 0 Å². The molecule has 0 heterocycles. The van der Waals surface area contributed by atoms with Crippen molar-refractivity contribution in [2.75, 3.05) is 14.2 Å². The molecular formula is C26H42O7. The molecule has 0 saturated carbocycles. The molecular weight excluding hydrogens is 424 g/mol. The highest BCUT2D eigenvalue weighted by atomic mass is 16.6. The Morgan fingerprint density at radius 2 is 1.36 bits per heavy atom. The molecule has 0 aliphatic rings. The summed E-state index contributed by atoms with van der Waals surface area (Å²) in [5.41, 5.74) is 0.676. The zero-order valence-corrected chi connectivity index (χ0v) is 21.4. The maximum Gasteiger partial charge on any atom is 0.342 e. The van der Waals surface area contributed by atoms with Gasteiger partial charge in [0.15, 0.2) is 11.5 Å². The lowest BCUT2D eigenvalue weighted by molar-refractivity contribution is 0.00639. The molecule has 1 unspecified atom stereocenters. The van der Waals surface area contributed by atoms with Gasteiger partial charge in [-0.1, -0.05) is 38.5 Å². The van der Waals surface area contributed by atoms with Crippen molar-refractivity contribution in [3.63, 3.8) is 0 Å². The summed E-state index contributed by atoms with van der Waals surface area (Å²) in [5.74, 6) is -1.55. The second-order valence-electron chi connectivity index (χ2n) is 9.59. The number of carbonyl (C=O) groups is 2. The van der Waals surface area contributed by atoms with Crippen molar-refractivity contribution in [1.82, 2.24) is 0 Å². The molecule has 7 heteroatoms. The van der Waals surface area contributed by atoms with Gasteiger partial charge in [-0.3, -0.25) is 0 Å². The lowest BCUT2D eigenvalue weighted by Crippen LogP contribution is -2.26. The Morgan fingerprint density at radius 1 is 0.879 bits per heavy atom. The van der Waals surface area contributed by atoms with Crippen LogP contribution < -0.4 is 9.47 Å². The van der Waals surface area contributed by atoms with Crippen molar-refractivity contribution in [1.29, 1.82) is 0 Å². The summed E-state index contributed by atoms with van der Waals surface area (Å²) in [6.07, 6.45) is 8.42. The first-order chi connectivity index (χ1) is 15.4. The predicted octanol–water partition coefficient (Wildman–Crippen LogP) is 5.71. The normalized spacial score (nSPS) is 12.4. The topological polar surface area (TPSA) is 102 Å². The summed E-state index contributed by atoms with van der Waals surface area (Å²) in [5, 5.41) is 19.1. The van der Waals surface area contributed by atoms with Gasteiger partial charge in [-0.25, -0.2) is 9.59 Å². The van der Waals surface area contributed by atoms with E-state index in [4.69, 9.17) is 14.2 Å². The number of hydrogen-bond donors (Lipinski definition) is 2. The van der Waals surface area contributed by atoms with Crippen LogP contribution in [0.4, 0.5) is 0 Å². The highest BCUT2D eigenvalue weighted by molar-refractivity contribution is 6.01. The molecule has 0 bridgehead atoms. The van der Waals surface area contributed by atoms with E-state index < -0.39 is 17.5 Å². The first kappa shape index (κ1) is 28.8. The van der Waals surface area contributed by atoms with Crippen LogP contribution in [0.15, 0.2) is 0 Å². The number of methoxy groups -OCH3 is 2. The number of hydrogen-bond acceptors (Lipinski definition) is 6. The molecule has 1 aromatic rings. The molecule has 0 amide bonds. The summed E-state index contributed by atoms with van der Waals surface area (Å²) < 4.78 is 16.5. The molecule has 1 atom stereocenters. The van der Waals surface area contributed by atoms with Gasteiger partial charge in [-0.2, -0.15) is 0 Å². The summed E-state index contributed by atoms with van der Waals surface area (Å²) >= 11 is 0. The Labute approximate surface area is 198 Å². The fourth-order valence-corrected chi connectivity index (χ4v) is 4.00. The molecule has 33 heavy (non-hydrogen) atoms. The number of aromatic carboxylic acids is 1. The van der Waals surface area contributed by atoms with Gasteiger partial charge < -0.3 is 24.4 Å². The van der Waals surface area contributed by atoms with Gasteiger partial charge in [0.2, 0.25) is 0 Å². The molecule has 2 N–H and O–H groups in total. The van der Waals surface area contributed by atoms with Crippen LogP contribution >= 0.6 is 0 Å². The van der Waals surface area contributed by atoms with Crippen molar-refractivity contribution < 1.29 is 34.0 Å². The molecule has 0 aliphatic heterocycles. The van der Waals surface area contributed by atoms with Gasteiger partial charge >= 0.3 is 11.9 Å². The summed E-state index contributed by atoms with van der Waals surface area (Å²) in [4.78, 5) is 25.1. The first-order valence-electron chi connectivity index (χ1n) is 11.9. The number of benzene rings is 1. The zero-order valence-electron chi connectivity index (χ0n) is 21.4. The quantitative estimate of drug-likeness (QED) is 0.267. The SMILES string of the molecule is COc1c(OC)c(C(=O)OC(C)(C)C)c(CCCCCCCCCC(C)O)c(C)c1C(=O)O. The molecule has 0 fully saturated rings. The minimum absolute atomic E-state index is 0.00905. The highest BCUT2D eigenvalue weighted by Gasteiger charge is 2.32. The number of ether oxygens (including phenoxy) is 3. The van der Waals surface area contributed by atoms with Crippen LogP contribution in [0.3, 0.4) is 0 Å². The molecule has 188 valence electrons. The van der Waals surface area contributed by atoms with E-state index in [1.807, 2.05) is 6.92 Å². The lowest BCUT2D eigenvalue weighted by Gasteiger charge is -2.24. The Hall–Kier alpha value is -2.28. The van der Waals surface area contributed by atoms with Crippen LogP contribution in [0.2, 0.25) is 0 Å². The van der Waals surface area contributed by atoms with Crippen LogP contribution in [-0.2, 0) is 11.2 Å². The summed E-state index contributed by atoms with van der Waals surface area (Å²) in [6.45, 7) is 8.88. The zero-order chi connectivity index (χ0) is 25.2. The Balaban J connectivity index is 3.07. The van der Waals surface area contributed by atoms with Crippen LogP contribution in [0.5, 0.6) is 11.5 Å². The van der Waals surface area contributed by atoms with E-state index in [0.29, 0.717) is 17.5 Å². The molecule has 7 nitrogen and oxygen atoms in total. The smallest absolute Gasteiger partial charge is 0.342 e. The van der Waals surface area contributed by atoms with Crippen LogP contribution in [0.1, 0.15) is 111 Å². The molecule has 1 aromatic carbocycles. The molecule has 0 saturated heterocycles. The van der Waals surface area contributed by atoms with E-state index in [1.165, 1.54) is 14.2 Å². The van der Waals surface area contributed by atoms with Crippen LogP contribution in [0.25, 0.3) is 0 Å². The minimum Gasteiger partial charge on any atom is -0.492 e. The minimum atomic E-state index is -1.13. The van der Waals surface area contributed by atoms with E-state index in [0.717, 1.165) is 51.4 Å². The molecule has 0 spiro atoms. The summed E-state index contributed by atoms with van der Waals surface area (Å²) in [6, 6.07) is 0. The third kappa shape index (κ3) is 8.88. The van der Waals surface area contributed by atoms with Crippen molar-refractivity contribution in [2.45, 2.75) is 104 Å². The average Bonchev–Trinajstić information content (AvgIpc) is 2.70. The second kappa shape index (κ2) is 13.4. The van der Waals surface area contributed by atoms with Gasteiger partial charge in [-0.15, -0.1) is 0 Å². The van der Waals surface area contributed by atoms with E-state index in [1.54, 1.807) is 27.7 Å². The monoisotopic (exact) mass is 466 g/mol. The molecule has 0 aromatic heterocycles. The van der Waals surface area contributed by atoms with Crippen molar-refractivity contribution in [3.8, 4) is 11.5 Å². The lowest BCUT2D eigenvalue weighted by atomic mass is 9.90. The third-order valence-electron chi connectivity index (χ3n) is 5.56. The molecule has 1 rings (SSSR count). The average molecular weight is 467 g/mol. The van der Waals surface area contributed by atoms with Crippen molar-refractivity contribution >= 4 is 11.9 Å². The number of carboxylic acids is 1. The second-order valence-corrected chi connectivity index (χ2v) is 9.59. The van der Waals surface area contributed by atoms with E-state index in [-0.39, 0.29) is 28.7 Å². The number of carbonyl (C=O) groups excluding carboxylic acids is 1. The maximum absolute atomic E-state index is 13.1. The Kier molecular flexibility index (Phi) is 11.7. The fourth-order valence-electron chi connectivity index (χ4n) is 4.00. The van der Waals surface area contributed by atoms with E-state index in [9.17, 15) is 19.8 Å². The van der Waals surface area contributed by atoms with Crippen molar-refractivity contribution in [3.05, 3.63) is 22.3 Å². The number of aliphatic hydroxyl groups excluding tert-OH is 1. The van der Waals surface area contributed by atoms with Gasteiger partial charge in [0.1, 0.15) is 16.7 Å². The number of esters is 1. The van der Waals surface area contributed by atoms with Gasteiger partial charge in [0, 0.05) is 0 Å². The summed E-state index contributed by atoms with van der Waals surface area (Å²) in [7, 11) is 2.76. The Morgan fingerprint density at radius 3 is 1.82 bits per heavy atom. The van der Waals surface area contributed by atoms with Gasteiger partial charge in [0.25, 0.3) is 0 Å². The largest absolute Gasteiger partial charge is 0.492 e. The first-order valence-corrected chi connectivity index (χ1v) is 11.9. The maximum atomic E-state index is 13.1. The number of carboxylic acid groups (broad SMARTS) is 1. The number of aliphatic hydroxyl groups is 1.